The zero-order chi connectivity index (χ0) is 4.85. The van der Waals surface area contributed by atoms with Crippen LogP contribution in [0, 0.1) is 0 Å². The van der Waals surface area contributed by atoms with Gasteiger partial charge in [-0.05, 0) is 0 Å². The third-order valence-corrected chi connectivity index (χ3v) is 1.73. The average molecular weight is 97.1 g/mol. The van der Waals surface area contributed by atoms with Crippen molar-refractivity contribution in [2.75, 3.05) is 13.1 Å². The second-order valence-corrected chi connectivity index (χ2v) is 2.23. The van der Waals surface area contributed by atoms with Crippen LogP contribution in [-0.2, 0) is 4.79 Å². The molecule has 2 heterocycles. The molecule has 0 bridgehead atoms. The second-order valence-electron chi connectivity index (χ2n) is 2.23. The van der Waals surface area contributed by atoms with Gasteiger partial charge >= 0.3 is 0 Å². The second kappa shape index (κ2) is 0.892. The fraction of sp³-hybridized carbons (Fsp3) is 0.800. The highest BCUT2D eigenvalue weighted by molar-refractivity contribution is 5.89. The van der Waals surface area contributed by atoms with Crippen LogP contribution in [-0.4, -0.2) is 29.8 Å². The molecule has 2 nitrogen and oxygen atoms in total. The van der Waals surface area contributed by atoms with Gasteiger partial charge in [0.05, 0.1) is 6.04 Å². The van der Waals surface area contributed by atoms with Crippen LogP contribution in [0.25, 0.3) is 0 Å². The lowest BCUT2D eigenvalue weighted by Gasteiger charge is -1.82. The van der Waals surface area contributed by atoms with Crippen LogP contribution >= 0.6 is 0 Å². The van der Waals surface area contributed by atoms with E-state index in [0.717, 1.165) is 19.5 Å². The Hall–Kier alpha value is -0.370. The molecule has 0 aromatic rings. The Bertz CT molecular complexity index is 121. The van der Waals surface area contributed by atoms with Crippen LogP contribution in [0.3, 0.4) is 0 Å². The largest absolute Gasteiger partial charge is 0.298 e. The van der Waals surface area contributed by atoms with E-state index >= 15 is 0 Å². The van der Waals surface area contributed by atoms with Crippen molar-refractivity contribution < 1.29 is 4.79 Å². The van der Waals surface area contributed by atoms with Crippen LogP contribution in [0.5, 0.6) is 0 Å². The molecule has 0 radical (unpaired) electrons. The van der Waals surface area contributed by atoms with Crippen molar-refractivity contribution in [3.63, 3.8) is 0 Å². The van der Waals surface area contributed by atoms with Gasteiger partial charge in [0.2, 0.25) is 0 Å². The number of fused-ring (bicyclic) bond motifs is 1. The lowest BCUT2D eigenvalue weighted by molar-refractivity contribution is -0.117. The molecule has 0 amide bonds. The van der Waals surface area contributed by atoms with Gasteiger partial charge in [0.25, 0.3) is 0 Å². The number of nitrogens with zero attached hydrogens (tertiary/aromatic N) is 1. The third-order valence-electron chi connectivity index (χ3n) is 1.73. The Kier molecular flexibility index (Phi) is 0.460. The topological polar surface area (TPSA) is 20.1 Å². The van der Waals surface area contributed by atoms with Crippen molar-refractivity contribution in [2.45, 2.75) is 12.5 Å². The van der Waals surface area contributed by atoms with Gasteiger partial charge in [-0.25, -0.2) is 0 Å². The van der Waals surface area contributed by atoms with Crippen molar-refractivity contribution in [1.82, 2.24) is 4.90 Å². The number of piperidine rings is 1. The first-order chi connectivity index (χ1) is 3.38. The fourth-order valence-corrected chi connectivity index (χ4v) is 1.15. The van der Waals surface area contributed by atoms with Crippen molar-refractivity contribution >= 4 is 5.78 Å². The molecule has 2 saturated heterocycles. The van der Waals surface area contributed by atoms with Crippen molar-refractivity contribution in [2.24, 2.45) is 0 Å². The SMILES string of the molecule is O=C1CCN2CC12. The standard InChI is InChI=1S/C5H7NO/c7-5-1-2-6-3-4(5)6/h4H,1-3H2. The van der Waals surface area contributed by atoms with E-state index in [9.17, 15) is 4.79 Å². The average Bonchev–Trinajstić information content (AvgIpc) is 2.33. The minimum atomic E-state index is 0.375. The summed E-state index contributed by atoms with van der Waals surface area (Å²) in [5, 5.41) is 0. The number of carbonyl (C=O) groups is 1. The Morgan fingerprint density at radius 1 is 1.71 bits per heavy atom. The van der Waals surface area contributed by atoms with E-state index in [1.807, 2.05) is 0 Å². The highest BCUT2D eigenvalue weighted by atomic mass is 16.1. The van der Waals surface area contributed by atoms with Crippen LogP contribution in [0.15, 0.2) is 0 Å². The smallest absolute Gasteiger partial charge is 0.152 e. The van der Waals surface area contributed by atoms with Crippen LogP contribution in [0.2, 0.25) is 0 Å². The lowest BCUT2D eigenvalue weighted by Crippen LogP contribution is -1.99. The molecule has 0 saturated carbocycles. The van der Waals surface area contributed by atoms with Crippen LogP contribution < -0.4 is 0 Å². The Morgan fingerprint density at radius 3 is 2.71 bits per heavy atom. The number of Topliss-reactive ketones (excluding diaryl/α,β-unsaturated/α-hetero) is 1. The van der Waals surface area contributed by atoms with Gasteiger partial charge in [0.15, 0.2) is 5.78 Å². The molecule has 0 spiro atoms. The summed E-state index contributed by atoms with van der Waals surface area (Å²) in [5.41, 5.74) is 0. The molecule has 0 N–H and O–H groups in total. The number of rotatable bonds is 0. The van der Waals surface area contributed by atoms with Crippen molar-refractivity contribution in [3.05, 3.63) is 0 Å². The maximum atomic E-state index is 10.6. The van der Waals surface area contributed by atoms with Gasteiger partial charge in [0.1, 0.15) is 0 Å². The van der Waals surface area contributed by atoms with E-state index in [0.29, 0.717) is 11.8 Å². The fourth-order valence-electron chi connectivity index (χ4n) is 1.15. The molecule has 2 rings (SSSR count). The molecule has 2 atom stereocenters. The van der Waals surface area contributed by atoms with E-state index in [1.54, 1.807) is 0 Å². The summed E-state index contributed by atoms with van der Waals surface area (Å²) in [6.07, 6.45) is 0.810. The molecular formula is C5H7NO. The molecular weight excluding hydrogens is 90.1 g/mol. The molecule has 2 aliphatic rings. The third kappa shape index (κ3) is 0.347. The highest BCUT2D eigenvalue weighted by Crippen LogP contribution is 2.25. The zero-order valence-electron chi connectivity index (χ0n) is 4.05. The summed E-state index contributed by atoms with van der Waals surface area (Å²) in [5.74, 6) is 0.458. The van der Waals surface area contributed by atoms with Gasteiger partial charge in [-0.3, -0.25) is 9.69 Å². The number of hydrogen-bond acceptors (Lipinski definition) is 2. The summed E-state index contributed by atoms with van der Waals surface area (Å²) >= 11 is 0. The summed E-state index contributed by atoms with van der Waals surface area (Å²) in [7, 11) is 0. The van der Waals surface area contributed by atoms with Crippen molar-refractivity contribution in [1.29, 1.82) is 0 Å². The predicted octanol–water partition coefficient (Wildman–Crippen LogP) is -0.357. The van der Waals surface area contributed by atoms with Crippen molar-refractivity contribution in [3.8, 4) is 0 Å². The van der Waals surface area contributed by atoms with Gasteiger partial charge in [-0.2, -0.15) is 0 Å². The van der Waals surface area contributed by atoms with E-state index < -0.39 is 0 Å². The minimum Gasteiger partial charge on any atom is -0.298 e. The lowest BCUT2D eigenvalue weighted by atomic mass is 10.2. The van der Waals surface area contributed by atoms with Gasteiger partial charge in [-0.1, -0.05) is 0 Å². The van der Waals surface area contributed by atoms with Gasteiger partial charge in [-0.15, -0.1) is 0 Å². The maximum absolute atomic E-state index is 10.6. The number of hydrogen-bond donors (Lipinski definition) is 0. The Labute approximate surface area is 42.1 Å². The monoisotopic (exact) mass is 97.1 g/mol. The quantitative estimate of drug-likeness (QED) is 0.385. The molecule has 2 unspecified atom stereocenters. The maximum Gasteiger partial charge on any atom is 0.152 e. The van der Waals surface area contributed by atoms with Crippen LogP contribution in [0.1, 0.15) is 6.42 Å². The van der Waals surface area contributed by atoms with Gasteiger partial charge < -0.3 is 0 Å². The molecule has 2 aliphatic heterocycles. The summed E-state index contributed by atoms with van der Waals surface area (Å²) in [6.45, 7) is 2.09. The summed E-state index contributed by atoms with van der Waals surface area (Å²) in [6, 6.07) is 0.375. The molecule has 7 heavy (non-hydrogen) atoms. The molecule has 0 aromatic carbocycles. The Balaban J connectivity index is 2.21. The van der Waals surface area contributed by atoms with Gasteiger partial charge in [0, 0.05) is 19.5 Å². The predicted molar refractivity (Wildman–Crippen MR) is 25.0 cm³/mol. The van der Waals surface area contributed by atoms with Crippen LogP contribution in [0.4, 0.5) is 0 Å². The normalized spacial score (nSPS) is 46.6. The number of carbonyl (C=O) groups excluding carboxylic acids is 1. The molecule has 38 valence electrons. The van der Waals surface area contributed by atoms with E-state index in [1.165, 1.54) is 0 Å². The first kappa shape index (κ1) is 3.61. The molecule has 0 aromatic heterocycles. The van der Waals surface area contributed by atoms with E-state index in [-0.39, 0.29) is 0 Å². The number of ketones is 1. The zero-order valence-corrected chi connectivity index (χ0v) is 4.05. The van der Waals surface area contributed by atoms with E-state index in [2.05, 4.69) is 4.90 Å². The molecule has 0 aliphatic carbocycles. The first-order valence-electron chi connectivity index (χ1n) is 2.65. The Morgan fingerprint density at radius 2 is 2.57 bits per heavy atom. The molecule has 2 fully saturated rings. The highest BCUT2D eigenvalue weighted by Gasteiger charge is 2.44. The summed E-state index contributed by atoms with van der Waals surface area (Å²) in [4.78, 5) is 12.8. The van der Waals surface area contributed by atoms with E-state index in [4.69, 9.17) is 0 Å². The molecule has 2 heteroatoms. The minimum absolute atomic E-state index is 0.375. The summed E-state index contributed by atoms with van der Waals surface area (Å²) < 4.78 is 0. The first-order valence-corrected chi connectivity index (χ1v) is 2.65.